The van der Waals surface area contributed by atoms with E-state index < -0.39 is 5.69 Å². The molecule has 0 aromatic carbocycles. The second kappa shape index (κ2) is 15.8. The lowest BCUT2D eigenvalue weighted by Crippen LogP contribution is -1.98. The lowest BCUT2D eigenvalue weighted by Gasteiger charge is -2.21. The van der Waals surface area contributed by atoms with E-state index in [-0.39, 0.29) is 0 Å². The largest absolute Gasteiger partial charge is 0.322 e. The fourth-order valence-electron chi connectivity index (χ4n) is 1.84. The van der Waals surface area contributed by atoms with Crippen LogP contribution in [0.4, 0.5) is 0 Å². The molecule has 0 saturated carbocycles. The van der Waals surface area contributed by atoms with Gasteiger partial charge < -0.3 is 9.05 Å². The van der Waals surface area contributed by atoms with Gasteiger partial charge in [-0.25, -0.2) is 0 Å². The van der Waals surface area contributed by atoms with Gasteiger partial charge in [0.2, 0.25) is 5.69 Å². The quantitative estimate of drug-likeness (QED) is 0.221. The molecule has 0 atom stereocenters. The van der Waals surface area contributed by atoms with Crippen molar-refractivity contribution >= 4 is 28.9 Å². The van der Waals surface area contributed by atoms with Crippen LogP contribution in [0, 0.1) is 0 Å². The molecule has 0 amide bonds. The fraction of sp³-hybridized carbons (Fsp3) is 1.00. The predicted octanol–water partition coefficient (Wildman–Crippen LogP) is 6.94. The van der Waals surface area contributed by atoms with Gasteiger partial charge in [-0.1, -0.05) is 77.1 Å². The molecule has 2 nitrogen and oxygen atoms in total. The molecule has 0 aliphatic rings. The Morgan fingerprint density at radius 2 is 1.19 bits per heavy atom. The molecule has 5 heteroatoms. The maximum absolute atomic E-state index is 6.00. The third-order valence-corrected chi connectivity index (χ3v) is 8.74. The molecule has 21 heavy (non-hydrogen) atoms. The first kappa shape index (κ1) is 21.9. The molecule has 0 aliphatic heterocycles. The molecule has 0 rings (SSSR count). The van der Waals surface area contributed by atoms with Crippen molar-refractivity contribution in [3.63, 3.8) is 0 Å². The summed E-state index contributed by atoms with van der Waals surface area (Å²) in [5.74, 6) is 1.07. The lowest BCUT2D eigenvalue weighted by molar-refractivity contribution is 0.250. The zero-order valence-electron chi connectivity index (χ0n) is 14.3. The van der Waals surface area contributed by atoms with Gasteiger partial charge >= 0.3 is 0 Å². The summed E-state index contributed by atoms with van der Waals surface area (Å²) in [5, 5.41) is 0. The molecule has 0 fully saturated rings. The van der Waals surface area contributed by atoms with E-state index >= 15 is 0 Å². The van der Waals surface area contributed by atoms with Crippen LogP contribution in [0.15, 0.2) is 0 Å². The van der Waals surface area contributed by atoms with Gasteiger partial charge in [0, 0.05) is 5.75 Å². The highest BCUT2D eigenvalue weighted by atomic mass is 32.9. The topological polar surface area (TPSA) is 18.5 Å². The van der Waals surface area contributed by atoms with Gasteiger partial charge in [0.25, 0.3) is 0 Å². The highest BCUT2D eigenvalue weighted by Crippen LogP contribution is 2.61. The highest BCUT2D eigenvalue weighted by molar-refractivity contribution is 8.67. The molecule has 0 radical (unpaired) electrons. The van der Waals surface area contributed by atoms with Crippen molar-refractivity contribution in [2.24, 2.45) is 0 Å². The predicted molar refractivity (Wildman–Crippen MR) is 102 cm³/mol. The summed E-state index contributed by atoms with van der Waals surface area (Å²) < 4.78 is 12.0. The molecular weight excluding hydrogens is 319 g/mol. The molecule has 0 spiro atoms. The second-order valence-electron chi connectivity index (χ2n) is 5.42. The molecule has 0 saturated heterocycles. The van der Waals surface area contributed by atoms with Crippen LogP contribution in [0.5, 0.6) is 0 Å². The summed E-state index contributed by atoms with van der Waals surface area (Å²) in [6, 6.07) is 0. The Balaban J connectivity index is 3.98. The summed E-state index contributed by atoms with van der Waals surface area (Å²) in [6.45, 7) is 8.20. The Morgan fingerprint density at radius 3 is 1.62 bits per heavy atom. The molecule has 0 bridgehead atoms. The summed E-state index contributed by atoms with van der Waals surface area (Å²) in [7, 11) is 0. The molecule has 0 N–H and O–H groups in total. The number of hydrogen-bond acceptors (Lipinski definition) is 4. The molecular formula is C16H35O2PS2. The normalized spacial score (nSPS) is 12.0. The van der Waals surface area contributed by atoms with Gasteiger partial charge in [-0.15, -0.1) is 0 Å². The van der Waals surface area contributed by atoms with E-state index in [4.69, 9.17) is 20.9 Å². The van der Waals surface area contributed by atoms with Gasteiger partial charge in [0.15, 0.2) is 0 Å². The maximum Gasteiger partial charge on any atom is 0.247 e. The minimum absolute atomic E-state index is 0.769. The minimum Gasteiger partial charge on any atom is -0.322 e. The van der Waals surface area contributed by atoms with Crippen molar-refractivity contribution in [1.82, 2.24) is 0 Å². The first-order chi connectivity index (χ1) is 10.2. The zero-order chi connectivity index (χ0) is 15.8. The van der Waals surface area contributed by atoms with Gasteiger partial charge in [0.1, 0.15) is 0 Å². The summed E-state index contributed by atoms with van der Waals surface area (Å²) in [4.78, 5) is 0. The number of unbranched alkanes of at least 4 members (excludes halogenated alkanes) is 7. The summed E-state index contributed by atoms with van der Waals surface area (Å²) in [6.07, 6.45) is 12.2. The average Bonchev–Trinajstić information content (AvgIpc) is 2.47. The second-order valence-corrected chi connectivity index (χ2v) is 11.9. The van der Waals surface area contributed by atoms with Crippen molar-refractivity contribution in [2.75, 3.05) is 19.0 Å². The van der Waals surface area contributed by atoms with E-state index in [1.807, 2.05) is 0 Å². The van der Waals surface area contributed by atoms with E-state index in [1.165, 1.54) is 51.4 Å². The van der Waals surface area contributed by atoms with E-state index in [2.05, 4.69) is 20.8 Å². The van der Waals surface area contributed by atoms with Gasteiger partial charge in [-0.05, 0) is 31.1 Å². The fourth-order valence-corrected chi connectivity index (χ4v) is 6.48. The Kier molecular flexibility index (Phi) is 16.5. The van der Waals surface area contributed by atoms with Crippen LogP contribution in [0.3, 0.4) is 0 Å². The van der Waals surface area contributed by atoms with Gasteiger partial charge in [-0.2, -0.15) is 0 Å². The Labute approximate surface area is 142 Å². The van der Waals surface area contributed by atoms with Crippen LogP contribution in [-0.4, -0.2) is 19.0 Å². The minimum atomic E-state index is -2.10. The van der Waals surface area contributed by atoms with Crippen LogP contribution < -0.4 is 0 Å². The SMILES string of the molecule is CCCCCCOP(=S)(OCCCCCC)SCCCC. The summed E-state index contributed by atoms with van der Waals surface area (Å²) in [5.41, 5.74) is -2.10. The van der Waals surface area contributed by atoms with Crippen molar-refractivity contribution in [2.45, 2.75) is 85.0 Å². The third-order valence-electron chi connectivity index (χ3n) is 3.24. The molecule has 0 aromatic heterocycles. The Hall–Kier alpha value is 0.920. The van der Waals surface area contributed by atoms with E-state index in [0.717, 1.165) is 31.8 Å². The molecule has 0 unspecified atom stereocenters. The number of rotatable bonds is 16. The van der Waals surface area contributed by atoms with Crippen molar-refractivity contribution < 1.29 is 9.05 Å². The Bertz CT molecular complexity index is 245. The zero-order valence-corrected chi connectivity index (χ0v) is 16.8. The van der Waals surface area contributed by atoms with Crippen LogP contribution in [0.1, 0.15) is 85.0 Å². The highest BCUT2D eigenvalue weighted by Gasteiger charge is 2.19. The van der Waals surface area contributed by atoms with E-state index in [9.17, 15) is 0 Å². The molecule has 128 valence electrons. The average molecular weight is 355 g/mol. The molecule has 0 heterocycles. The molecule has 0 aliphatic carbocycles. The van der Waals surface area contributed by atoms with Gasteiger partial charge in [-0.3, -0.25) is 0 Å². The standard InChI is InChI=1S/C16H35O2PS2/c1-4-7-10-12-14-17-19(20,21-16-9-6-3)18-15-13-11-8-5-2/h4-16H2,1-3H3. The van der Waals surface area contributed by atoms with E-state index in [0.29, 0.717) is 0 Å². The van der Waals surface area contributed by atoms with Crippen LogP contribution >= 0.6 is 17.1 Å². The Morgan fingerprint density at radius 1 is 0.714 bits per heavy atom. The van der Waals surface area contributed by atoms with Crippen molar-refractivity contribution in [3.05, 3.63) is 0 Å². The number of hydrogen-bond donors (Lipinski definition) is 0. The molecule has 0 aromatic rings. The third kappa shape index (κ3) is 14.3. The van der Waals surface area contributed by atoms with E-state index in [1.54, 1.807) is 11.4 Å². The van der Waals surface area contributed by atoms with Crippen molar-refractivity contribution in [3.8, 4) is 0 Å². The van der Waals surface area contributed by atoms with Gasteiger partial charge in [0.05, 0.1) is 13.2 Å². The smallest absolute Gasteiger partial charge is 0.247 e. The monoisotopic (exact) mass is 354 g/mol. The van der Waals surface area contributed by atoms with Crippen LogP contribution in [-0.2, 0) is 20.9 Å². The van der Waals surface area contributed by atoms with Crippen molar-refractivity contribution in [1.29, 1.82) is 0 Å². The van der Waals surface area contributed by atoms with Crippen LogP contribution in [0.25, 0.3) is 0 Å². The maximum atomic E-state index is 6.00. The van der Waals surface area contributed by atoms with Crippen LogP contribution in [0.2, 0.25) is 0 Å². The lowest BCUT2D eigenvalue weighted by atomic mass is 10.2. The first-order valence-corrected chi connectivity index (χ1v) is 12.9. The first-order valence-electron chi connectivity index (χ1n) is 8.72. The summed E-state index contributed by atoms with van der Waals surface area (Å²) >= 11 is 7.46.